The second-order valence-electron chi connectivity index (χ2n) is 4.48. The number of aromatic nitrogens is 1. The minimum atomic E-state index is -4.46. The summed E-state index contributed by atoms with van der Waals surface area (Å²) >= 11 is 10.5. The summed E-state index contributed by atoms with van der Waals surface area (Å²) in [7, 11) is 0. The van der Waals surface area contributed by atoms with E-state index in [9.17, 15) is 18.0 Å². The number of amides is 1. The third-order valence-corrected chi connectivity index (χ3v) is 3.15. The number of nitrogens with one attached hydrogen (secondary N) is 3. The quantitative estimate of drug-likeness (QED) is 0.427. The predicted octanol–water partition coefficient (Wildman–Crippen LogP) is 3.39. The Morgan fingerprint density at radius 2 is 1.92 bits per heavy atom. The van der Waals surface area contributed by atoms with Crippen LogP contribution in [0.1, 0.15) is 15.9 Å². The highest BCUT2D eigenvalue weighted by Crippen LogP contribution is 2.30. The summed E-state index contributed by atoms with van der Waals surface area (Å²) in [6.45, 7) is 0. The Bertz CT molecular complexity index is 752. The van der Waals surface area contributed by atoms with Crippen molar-refractivity contribution in [1.29, 1.82) is 0 Å². The van der Waals surface area contributed by atoms with Crippen LogP contribution >= 0.6 is 23.8 Å². The van der Waals surface area contributed by atoms with Gasteiger partial charge in [0, 0.05) is 11.9 Å². The maximum Gasteiger partial charge on any atom is 0.416 e. The van der Waals surface area contributed by atoms with Crippen molar-refractivity contribution in [2.24, 2.45) is 0 Å². The van der Waals surface area contributed by atoms with Gasteiger partial charge in [-0.3, -0.25) is 15.6 Å². The first-order chi connectivity index (χ1) is 11.3. The van der Waals surface area contributed by atoms with Gasteiger partial charge in [0.15, 0.2) is 5.11 Å². The summed E-state index contributed by atoms with van der Waals surface area (Å²) in [4.78, 5) is 15.6. The number of hydrogen-bond donors (Lipinski definition) is 3. The van der Waals surface area contributed by atoms with Gasteiger partial charge in [0.25, 0.3) is 5.91 Å². The van der Waals surface area contributed by atoms with Gasteiger partial charge in [-0.2, -0.15) is 13.2 Å². The number of alkyl halides is 3. The normalized spacial score (nSPS) is 10.8. The third kappa shape index (κ3) is 5.07. The predicted molar refractivity (Wildman–Crippen MR) is 87.5 cm³/mol. The average Bonchev–Trinajstić information content (AvgIpc) is 2.53. The van der Waals surface area contributed by atoms with Crippen molar-refractivity contribution in [3.05, 3.63) is 58.9 Å². The van der Waals surface area contributed by atoms with Crippen LogP contribution in [0.2, 0.25) is 5.15 Å². The van der Waals surface area contributed by atoms with Crippen LogP contribution in [0.3, 0.4) is 0 Å². The second kappa shape index (κ2) is 7.45. The summed E-state index contributed by atoms with van der Waals surface area (Å²) in [6.07, 6.45) is -3.19. The summed E-state index contributed by atoms with van der Waals surface area (Å²) in [5.41, 5.74) is 4.21. The number of nitrogens with zero attached hydrogens (tertiary/aromatic N) is 1. The number of pyridine rings is 1. The van der Waals surface area contributed by atoms with Crippen molar-refractivity contribution < 1.29 is 18.0 Å². The fraction of sp³-hybridized carbons (Fsp3) is 0.0714. The number of halogens is 4. The minimum absolute atomic E-state index is 0.0791. The van der Waals surface area contributed by atoms with Gasteiger partial charge in [-0.05, 0) is 42.5 Å². The Balaban J connectivity index is 1.92. The molecule has 0 atom stereocenters. The molecule has 2 rings (SSSR count). The Morgan fingerprint density at radius 3 is 2.54 bits per heavy atom. The molecule has 0 aliphatic rings. The molecule has 24 heavy (non-hydrogen) atoms. The zero-order chi connectivity index (χ0) is 17.7. The lowest BCUT2D eigenvalue weighted by atomic mass is 10.2. The lowest BCUT2D eigenvalue weighted by Gasteiger charge is -2.13. The molecular formula is C14H10ClF3N4OS. The van der Waals surface area contributed by atoms with Gasteiger partial charge in [-0.15, -0.1) is 0 Å². The fourth-order valence-corrected chi connectivity index (χ4v) is 1.91. The average molecular weight is 375 g/mol. The van der Waals surface area contributed by atoms with Gasteiger partial charge < -0.3 is 5.32 Å². The van der Waals surface area contributed by atoms with Crippen molar-refractivity contribution in [2.75, 3.05) is 5.32 Å². The Hall–Kier alpha value is -2.39. The Morgan fingerprint density at radius 1 is 1.17 bits per heavy atom. The lowest BCUT2D eigenvalue weighted by molar-refractivity contribution is -0.137. The van der Waals surface area contributed by atoms with Crippen LogP contribution in [0.5, 0.6) is 0 Å². The summed E-state index contributed by atoms with van der Waals surface area (Å²) in [5.74, 6) is -0.535. The molecule has 0 bridgehead atoms. The topological polar surface area (TPSA) is 66.1 Å². The number of carbonyl (C=O) groups is 1. The molecule has 0 spiro atoms. The maximum atomic E-state index is 12.6. The third-order valence-electron chi connectivity index (χ3n) is 2.73. The molecule has 126 valence electrons. The molecule has 0 saturated heterocycles. The smallest absolute Gasteiger partial charge is 0.331 e. The largest absolute Gasteiger partial charge is 0.416 e. The molecule has 0 fully saturated rings. The van der Waals surface area contributed by atoms with E-state index >= 15 is 0 Å². The molecule has 0 unspecified atom stereocenters. The zero-order valence-electron chi connectivity index (χ0n) is 11.8. The van der Waals surface area contributed by atoms with Gasteiger partial charge in [0.05, 0.1) is 11.1 Å². The van der Waals surface area contributed by atoms with Crippen LogP contribution in [-0.4, -0.2) is 16.0 Å². The molecule has 5 nitrogen and oxygen atoms in total. The van der Waals surface area contributed by atoms with Crippen molar-refractivity contribution in [3.8, 4) is 0 Å². The lowest BCUT2D eigenvalue weighted by Crippen LogP contribution is -2.43. The van der Waals surface area contributed by atoms with Crippen LogP contribution in [0, 0.1) is 0 Å². The fourth-order valence-electron chi connectivity index (χ4n) is 1.63. The van der Waals surface area contributed by atoms with Crippen molar-refractivity contribution >= 4 is 40.5 Å². The molecule has 1 amide bonds. The van der Waals surface area contributed by atoms with Crippen LogP contribution in [0.4, 0.5) is 18.9 Å². The van der Waals surface area contributed by atoms with E-state index in [2.05, 4.69) is 21.2 Å². The highest BCUT2D eigenvalue weighted by molar-refractivity contribution is 7.80. The van der Waals surface area contributed by atoms with Gasteiger partial charge in [-0.1, -0.05) is 17.7 Å². The monoisotopic (exact) mass is 374 g/mol. The van der Waals surface area contributed by atoms with Gasteiger partial charge in [0.1, 0.15) is 5.15 Å². The first-order valence-electron chi connectivity index (χ1n) is 6.42. The van der Waals surface area contributed by atoms with E-state index in [-0.39, 0.29) is 21.5 Å². The Kier molecular flexibility index (Phi) is 5.58. The molecule has 1 heterocycles. The molecule has 0 aliphatic carbocycles. The minimum Gasteiger partial charge on any atom is -0.331 e. The van der Waals surface area contributed by atoms with Gasteiger partial charge >= 0.3 is 6.18 Å². The van der Waals surface area contributed by atoms with Crippen LogP contribution < -0.4 is 16.2 Å². The van der Waals surface area contributed by atoms with Gasteiger partial charge in [0.2, 0.25) is 0 Å². The number of thiocarbonyl (C=S) groups is 1. The molecular weight excluding hydrogens is 365 g/mol. The number of hydrogen-bond acceptors (Lipinski definition) is 3. The van der Waals surface area contributed by atoms with Crippen LogP contribution in [-0.2, 0) is 6.18 Å². The standard InChI is InChI=1S/C14H10ClF3N4OS/c15-11-5-4-8(7-19-11)12(23)21-22-13(24)20-10-3-1-2-9(6-10)14(16,17)18/h1-7H,(H,21,23)(H2,20,22,24). The summed E-state index contributed by atoms with van der Waals surface area (Å²) in [6, 6.07) is 7.39. The van der Waals surface area contributed by atoms with E-state index < -0.39 is 17.6 Å². The molecule has 2 aromatic rings. The molecule has 3 N–H and O–H groups in total. The van der Waals surface area contributed by atoms with E-state index in [1.54, 1.807) is 0 Å². The SMILES string of the molecule is O=C(NNC(=S)Nc1cccc(C(F)(F)F)c1)c1ccc(Cl)nc1. The highest BCUT2D eigenvalue weighted by atomic mass is 35.5. The molecule has 0 saturated carbocycles. The first-order valence-corrected chi connectivity index (χ1v) is 7.20. The first kappa shape index (κ1) is 18.0. The van der Waals surface area contributed by atoms with Gasteiger partial charge in [-0.25, -0.2) is 4.98 Å². The number of benzene rings is 1. The number of rotatable bonds is 2. The molecule has 10 heteroatoms. The number of hydrazine groups is 1. The van der Waals surface area contributed by atoms with E-state index in [0.29, 0.717) is 0 Å². The van der Waals surface area contributed by atoms with E-state index in [4.69, 9.17) is 23.8 Å². The van der Waals surface area contributed by atoms with E-state index in [1.165, 1.54) is 30.5 Å². The molecule has 1 aromatic carbocycles. The molecule has 1 aromatic heterocycles. The second-order valence-corrected chi connectivity index (χ2v) is 5.28. The molecule has 0 aliphatic heterocycles. The Labute approximate surface area is 145 Å². The number of carbonyl (C=O) groups excluding carboxylic acids is 1. The summed E-state index contributed by atoms with van der Waals surface area (Å²) in [5, 5.41) is 2.70. The zero-order valence-corrected chi connectivity index (χ0v) is 13.4. The van der Waals surface area contributed by atoms with E-state index in [1.807, 2.05) is 0 Å². The maximum absolute atomic E-state index is 12.6. The van der Waals surface area contributed by atoms with Crippen molar-refractivity contribution in [1.82, 2.24) is 15.8 Å². The molecule has 0 radical (unpaired) electrons. The highest BCUT2D eigenvalue weighted by Gasteiger charge is 2.30. The van der Waals surface area contributed by atoms with Crippen molar-refractivity contribution in [2.45, 2.75) is 6.18 Å². The van der Waals surface area contributed by atoms with Crippen LogP contribution in [0.25, 0.3) is 0 Å². The summed E-state index contributed by atoms with van der Waals surface area (Å²) < 4.78 is 37.9. The number of anilines is 1. The van der Waals surface area contributed by atoms with E-state index in [0.717, 1.165) is 12.1 Å². The van der Waals surface area contributed by atoms with Crippen LogP contribution in [0.15, 0.2) is 42.6 Å². The van der Waals surface area contributed by atoms with Crippen molar-refractivity contribution in [3.63, 3.8) is 0 Å².